The van der Waals surface area contributed by atoms with Gasteiger partial charge in [0.05, 0.1) is 18.1 Å². The van der Waals surface area contributed by atoms with E-state index in [1.807, 2.05) is 13.8 Å². The normalized spacial score (nSPS) is 19.3. The maximum atomic E-state index is 12.4. The molecule has 1 heterocycles. The Morgan fingerprint density at radius 2 is 1.70 bits per heavy atom. The third-order valence-corrected chi connectivity index (χ3v) is 6.99. The Hall–Kier alpha value is -1.89. The first-order valence-electron chi connectivity index (χ1n) is 10.8. The molecule has 1 amide bonds. The molecule has 0 bridgehead atoms. The summed E-state index contributed by atoms with van der Waals surface area (Å²) in [4.78, 5) is 38.1. The molecule has 1 aromatic rings. The number of amides is 1. The summed E-state index contributed by atoms with van der Waals surface area (Å²) in [5.41, 5.74) is 1.53. The van der Waals surface area contributed by atoms with Gasteiger partial charge in [-0.05, 0) is 62.8 Å². The zero-order valence-electron chi connectivity index (χ0n) is 19.1. The number of ether oxygens (including phenoxy) is 2. The van der Waals surface area contributed by atoms with Crippen LogP contribution in [-0.2, 0) is 25.5 Å². The molecular formula is C23H35NO5S. The van der Waals surface area contributed by atoms with Crippen molar-refractivity contribution in [2.24, 2.45) is 17.3 Å². The first kappa shape index (κ1) is 24.4. The van der Waals surface area contributed by atoms with E-state index in [2.05, 4.69) is 26.1 Å². The van der Waals surface area contributed by atoms with Crippen molar-refractivity contribution in [1.29, 1.82) is 0 Å². The number of esters is 2. The zero-order chi connectivity index (χ0) is 22.5. The Morgan fingerprint density at radius 1 is 1.07 bits per heavy atom. The van der Waals surface area contributed by atoms with Crippen LogP contribution in [0.4, 0.5) is 5.00 Å². The third kappa shape index (κ3) is 6.06. The van der Waals surface area contributed by atoms with E-state index in [9.17, 15) is 14.4 Å². The highest BCUT2D eigenvalue weighted by atomic mass is 32.1. The number of aryl methyl sites for hydroxylation is 1. The van der Waals surface area contributed by atoms with Crippen LogP contribution in [0.2, 0.25) is 0 Å². The van der Waals surface area contributed by atoms with Gasteiger partial charge in [0.2, 0.25) is 0 Å². The van der Waals surface area contributed by atoms with Gasteiger partial charge in [0.1, 0.15) is 5.00 Å². The van der Waals surface area contributed by atoms with Crippen LogP contribution in [-0.4, -0.2) is 31.1 Å². The van der Waals surface area contributed by atoms with E-state index in [0.29, 0.717) is 22.9 Å². The van der Waals surface area contributed by atoms with Crippen LogP contribution in [0.1, 0.15) is 81.1 Å². The highest BCUT2D eigenvalue weighted by Gasteiger charge is 2.33. The number of hydrogen-bond acceptors (Lipinski definition) is 6. The Balaban J connectivity index is 1.92. The fourth-order valence-corrected chi connectivity index (χ4v) is 5.27. The predicted molar refractivity (Wildman–Crippen MR) is 119 cm³/mol. The lowest BCUT2D eigenvalue weighted by atomic mass is 9.70. The maximum absolute atomic E-state index is 12.4. The van der Waals surface area contributed by atoms with E-state index in [1.54, 1.807) is 6.92 Å². The number of thiophene rings is 1. The molecule has 1 aliphatic rings. The van der Waals surface area contributed by atoms with Gasteiger partial charge in [-0.2, -0.15) is 0 Å². The minimum atomic E-state index is -0.443. The molecule has 1 aromatic heterocycles. The number of nitrogens with one attached hydrogen (secondary N) is 1. The Kier molecular flexibility index (Phi) is 8.47. The summed E-state index contributed by atoms with van der Waals surface area (Å²) < 4.78 is 10.4. The molecule has 0 spiro atoms. The number of carbonyl (C=O) groups is 3. The summed E-state index contributed by atoms with van der Waals surface area (Å²) in [5, 5.41) is 3.19. The molecule has 0 radical (unpaired) electrons. The predicted octanol–water partition coefficient (Wildman–Crippen LogP) is 5.13. The SMILES string of the molecule is CCOC(=O)c1c(NC(=O)COC(=O)C2CCC(C(C)(C)C)CC2)sc(C)c1CC. The highest BCUT2D eigenvalue weighted by Crippen LogP contribution is 2.40. The summed E-state index contributed by atoms with van der Waals surface area (Å²) in [6.45, 7) is 12.2. The molecule has 0 unspecified atom stereocenters. The lowest BCUT2D eigenvalue weighted by Gasteiger charge is -2.36. The van der Waals surface area contributed by atoms with Gasteiger partial charge in [-0.3, -0.25) is 9.59 Å². The van der Waals surface area contributed by atoms with Crippen LogP contribution in [0.25, 0.3) is 0 Å². The molecule has 0 atom stereocenters. The lowest BCUT2D eigenvalue weighted by molar-refractivity contribution is -0.153. The van der Waals surface area contributed by atoms with Crippen LogP contribution < -0.4 is 5.32 Å². The maximum Gasteiger partial charge on any atom is 0.341 e. The molecule has 1 aliphatic carbocycles. The second-order valence-electron chi connectivity index (χ2n) is 8.99. The van der Waals surface area contributed by atoms with Crippen molar-refractivity contribution >= 4 is 34.2 Å². The molecule has 1 fully saturated rings. The molecule has 0 aliphatic heterocycles. The summed E-state index contributed by atoms with van der Waals surface area (Å²) in [6.07, 6.45) is 4.29. The first-order valence-corrected chi connectivity index (χ1v) is 11.7. The largest absolute Gasteiger partial charge is 0.462 e. The van der Waals surface area contributed by atoms with Crippen LogP contribution in [0.5, 0.6) is 0 Å². The summed E-state index contributed by atoms with van der Waals surface area (Å²) >= 11 is 1.34. The van der Waals surface area contributed by atoms with Crippen molar-refractivity contribution in [3.8, 4) is 0 Å². The lowest BCUT2D eigenvalue weighted by Crippen LogP contribution is -2.31. The Morgan fingerprint density at radius 3 is 2.23 bits per heavy atom. The molecule has 0 saturated heterocycles. The van der Waals surface area contributed by atoms with Crippen molar-refractivity contribution in [2.75, 3.05) is 18.5 Å². The summed E-state index contributed by atoms with van der Waals surface area (Å²) in [6, 6.07) is 0. The van der Waals surface area contributed by atoms with Gasteiger partial charge in [-0.15, -0.1) is 11.3 Å². The molecule has 1 saturated carbocycles. The number of anilines is 1. The molecule has 168 valence electrons. The topological polar surface area (TPSA) is 81.7 Å². The molecule has 6 nitrogen and oxygen atoms in total. The number of hydrogen-bond donors (Lipinski definition) is 1. The quantitative estimate of drug-likeness (QED) is 0.598. The van der Waals surface area contributed by atoms with Crippen LogP contribution in [0.15, 0.2) is 0 Å². The van der Waals surface area contributed by atoms with Gasteiger partial charge in [0.15, 0.2) is 6.61 Å². The van der Waals surface area contributed by atoms with E-state index in [-0.39, 0.29) is 30.5 Å². The fourth-order valence-electron chi connectivity index (χ4n) is 4.12. The van der Waals surface area contributed by atoms with Crippen molar-refractivity contribution < 1.29 is 23.9 Å². The molecule has 7 heteroatoms. The third-order valence-electron chi connectivity index (χ3n) is 5.93. The molecular weight excluding hydrogens is 402 g/mol. The monoisotopic (exact) mass is 437 g/mol. The average Bonchev–Trinajstić information content (AvgIpc) is 3.00. The van der Waals surface area contributed by atoms with E-state index < -0.39 is 11.9 Å². The average molecular weight is 438 g/mol. The van der Waals surface area contributed by atoms with E-state index in [4.69, 9.17) is 9.47 Å². The minimum Gasteiger partial charge on any atom is -0.462 e. The smallest absolute Gasteiger partial charge is 0.341 e. The summed E-state index contributed by atoms with van der Waals surface area (Å²) in [5.74, 6) is -0.717. The van der Waals surface area contributed by atoms with Crippen molar-refractivity contribution in [1.82, 2.24) is 0 Å². The van der Waals surface area contributed by atoms with Gasteiger partial charge in [0.25, 0.3) is 5.91 Å². The van der Waals surface area contributed by atoms with Crippen LogP contribution in [0, 0.1) is 24.2 Å². The van der Waals surface area contributed by atoms with Gasteiger partial charge in [0, 0.05) is 4.88 Å². The molecule has 1 N–H and O–H groups in total. The van der Waals surface area contributed by atoms with Crippen LogP contribution >= 0.6 is 11.3 Å². The standard InChI is InChI=1S/C23H35NO5S/c1-7-17-14(3)30-20(19(17)22(27)28-8-2)24-18(25)13-29-21(26)15-9-11-16(12-10-15)23(4,5)6/h15-16H,7-13H2,1-6H3,(H,24,25). The van der Waals surface area contributed by atoms with Gasteiger partial charge in [-0.25, -0.2) is 4.79 Å². The van der Waals surface area contributed by atoms with Crippen molar-refractivity contribution in [3.05, 3.63) is 16.0 Å². The summed E-state index contributed by atoms with van der Waals surface area (Å²) in [7, 11) is 0. The molecule has 30 heavy (non-hydrogen) atoms. The number of carbonyl (C=O) groups excluding carboxylic acids is 3. The van der Waals surface area contributed by atoms with Gasteiger partial charge >= 0.3 is 11.9 Å². The van der Waals surface area contributed by atoms with Gasteiger partial charge in [-0.1, -0.05) is 27.7 Å². The van der Waals surface area contributed by atoms with Gasteiger partial charge < -0.3 is 14.8 Å². The molecule has 0 aromatic carbocycles. The molecule has 2 rings (SSSR count). The Bertz CT molecular complexity index is 769. The zero-order valence-corrected chi connectivity index (χ0v) is 19.9. The van der Waals surface area contributed by atoms with Crippen molar-refractivity contribution in [3.63, 3.8) is 0 Å². The Labute approximate surface area is 183 Å². The fraction of sp³-hybridized carbons (Fsp3) is 0.696. The second-order valence-corrected chi connectivity index (χ2v) is 10.2. The van der Waals surface area contributed by atoms with Crippen LogP contribution in [0.3, 0.4) is 0 Å². The van der Waals surface area contributed by atoms with Crippen molar-refractivity contribution in [2.45, 2.75) is 73.6 Å². The minimum absolute atomic E-state index is 0.137. The number of rotatable bonds is 7. The highest BCUT2D eigenvalue weighted by molar-refractivity contribution is 7.16. The van der Waals surface area contributed by atoms with E-state index >= 15 is 0 Å². The van der Waals surface area contributed by atoms with E-state index in [1.165, 1.54) is 11.3 Å². The second kappa shape index (κ2) is 10.4. The first-order chi connectivity index (χ1) is 14.1. The van der Waals surface area contributed by atoms with E-state index in [0.717, 1.165) is 36.1 Å².